The Morgan fingerprint density at radius 3 is 2.66 bits per heavy atom. The van der Waals surface area contributed by atoms with Gasteiger partial charge in [0.15, 0.2) is 11.6 Å². The van der Waals surface area contributed by atoms with Gasteiger partial charge < -0.3 is 10.1 Å². The molecule has 0 bridgehead atoms. The number of para-hydroxylation sites is 1. The van der Waals surface area contributed by atoms with Gasteiger partial charge in [-0.05, 0) is 42.7 Å². The first kappa shape index (κ1) is 20.0. The molecule has 1 saturated heterocycles. The normalized spacial score (nSPS) is 18.6. The van der Waals surface area contributed by atoms with Crippen LogP contribution in [0.15, 0.2) is 42.5 Å². The van der Waals surface area contributed by atoms with Crippen molar-refractivity contribution in [1.82, 2.24) is 14.8 Å². The van der Waals surface area contributed by atoms with Crippen molar-refractivity contribution in [3.63, 3.8) is 0 Å². The molecular formula is C23H27F2N3O. The van der Waals surface area contributed by atoms with Gasteiger partial charge >= 0.3 is 0 Å². The maximum Gasteiger partial charge on any atom is 0.159 e. The summed E-state index contributed by atoms with van der Waals surface area (Å²) in [5.41, 5.74) is 4.42. The number of aromatic nitrogens is 1. The largest absolute Gasteiger partial charge is 0.396 e. The van der Waals surface area contributed by atoms with Crippen LogP contribution in [-0.4, -0.2) is 52.2 Å². The zero-order valence-electron chi connectivity index (χ0n) is 16.7. The molecule has 4 rings (SSSR count). The summed E-state index contributed by atoms with van der Waals surface area (Å²) in [5, 5.41) is 10.8. The van der Waals surface area contributed by atoms with Gasteiger partial charge in [0.2, 0.25) is 0 Å². The number of aryl methyl sites for hydroxylation is 1. The van der Waals surface area contributed by atoms with Gasteiger partial charge in [-0.15, -0.1) is 0 Å². The molecule has 0 amide bonds. The summed E-state index contributed by atoms with van der Waals surface area (Å²) in [6.07, 6.45) is 0.659. The van der Waals surface area contributed by atoms with Gasteiger partial charge in [0.25, 0.3) is 0 Å². The molecule has 1 atom stereocenters. The molecule has 0 aliphatic carbocycles. The molecule has 2 aromatic carbocycles. The van der Waals surface area contributed by atoms with E-state index in [0.29, 0.717) is 13.0 Å². The monoisotopic (exact) mass is 399 g/mol. The summed E-state index contributed by atoms with van der Waals surface area (Å²) in [7, 11) is 0. The van der Waals surface area contributed by atoms with E-state index in [-0.39, 0.29) is 12.6 Å². The predicted molar refractivity (Wildman–Crippen MR) is 111 cm³/mol. The minimum atomic E-state index is -0.820. The highest BCUT2D eigenvalue weighted by molar-refractivity contribution is 5.84. The maximum atomic E-state index is 13.6. The fraction of sp³-hybridized carbons (Fsp3) is 0.391. The Morgan fingerprint density at radius 1 is 1.07 bits per heavy atom. The third-order valence-corrected chi connectivity index (χ3v) is 5.97. The number of aliphatic hydroxyl groups excluding tert-OH is 1. The van der Waals surface area contributed by atoms with Crippen molar-refractivity contribution < 1.29 is 13.9 Å². The number of H-pyrrole nitrogens is 1. The predicted octanol–water partition coefficient (Wildman–Crippen LogP) is 3.82. The SMILES string of the molecule is Cc1c(CN2CCN(Cc3ccc(F)c(F)c3)[C@H](CCO)C2)[nH]c2ccccc12. The number of aromatic amines is 1. The highest BCUT2D eigenvalue weighted by Gasteiger charge is 2.27. The van der Waals surface area contributed by atoms with Gasteiger partial charge in [0, 0.05) is 62.0 Å². The number of nitrogens with zero attached hydrogens (tertiary/aromatic N) is 2. The van der Waals surface area contributed by atoms with E-state index in [0.717, 1.165) is 37.3 Å². The number of fused-ring (bicyclic) bond motifs is 1. The average Bonchev–Trinajstić information content (AvgIpc) is 3.03. The minimum Gasteiger partial charge on any atom is -0.396 e. The van der Waals surface area contributed by atoms with Crippen LogP contribution in [0.1, 0.15) is 23.2 Å². The number of piperazine rings is 1. The Bertz CT molecular complexity index is 987. The molecule has 0 spiro atoms. The van der Waals surface area contributed by atoms with Crippen LogP contribution in [0.2, 0.25) is 0 Å². The van der Waals surface area contributed by atoms with Gasteiger partial charge in [0.1, 0.15) is 0 Å². The van der Waals surface area contributed by atoms with Gasteiger partial charge in [0.05, 0.1) is 0 Å². The number of rotatable bonds is 6. The standard InChI is InChI=1S/C23H27F2N3O/c1-16-19-4-2-3-5-22(19)26-23(16)15-27-9-10-28(18(14-27)8-11-29)13-17-6-7-20(24)21(25)12-17/h2-7,12,18,26,29H,8-11,13-15H2,1H3/t18-/m1/s1. The van der Waals surface area contributed by atoms with Crippen molar-refractivity contribution in [2.24, 2.45) is 0 Å². The van der Waals surface area contributed by atoms with E-state index in [2.05, 4.69) is 39.9 Å². The number of hydrogen-bond donors (Lipinski definition) is 2. The van der Waals surface area contributed by atoms with Crippen LogP contribution in [-0.2, 0) is 13.1 Å². The summed E-state index contributed by atoms with van der Waals surface area (Å²) < 4.78 is 26.8. The van der Waals surface area contributed by atoms with Crippen LogP contribution in [0.3, 0.4) is 0 Å². The summed E-state index contributed by atoms with van der Waals surface area (Å²) >= 11 is 0. The Labute approximate surface area is 169 Å². The highest BCUT2D eigenvalue weighted by Crippen LogP contribution is 2.24. The van der Waals surface area contributed by atoms with E-state index in [1.54, 1.807) is 6.07 Å². The van der Waals surface area contributed by atoms with Crippen LogP contribution in [0.25, 0.3) is 10.9 Å². The van der Waals surface area contributed by atoms with Crippen molar-refractivity contribution in [1.29, 1.82) is 0 Å². The Morgan fingerprint density at radius 2 is 1.90 bits per heavy atom. The lowest BCUT2D eigenvalue weighted by Gasteiger charge is -2.41. The summed E-state index contributed by atoms with van der Waals surface area (Å²) in [5.74, 6) is -1.63. The van der Waals surface area contributed by atoms with Crippen molar-refractivity contribution in [3.8, 4) is 0 Å². The molecule has 6 heteroatoms. The minimum absolute atomic E-state index is 0.109. The zero-order valence-corrected chi connectivity index (χ0v) is 16.7. The molecule has 29 heavy (non-hydrogen) atoms. The fourth-order valence-corrected chi connectivity index (χ4v) is 4.32. The summed E-state index contributed by atoms with van der Waals surface area (Å²) in [4.78, 5) is 8.20. The number of aliphatic hydroxyl groups is 1. The second kappa shape index (κ2) is 8.61. The van der Waals surface area contributed by atoms with Crippen LogP contribution in [0.5, 0.6) is 0 Å². The molecule has 0 unspecified atom stereocenters. The van der Waals surface area contributed by atoms with Gasteiger partial charge in [-0.25, -0.2) is 8.78 Å². The Kier molecular flexibility index (Phi) is 5.94. The smallest absolute Gasteiger partial charge is 0.159 e. The summed E-state index contributed by atoms with van der Waals surface area (Å²) in [6, 6.07) is 12.6. The van der Waals surface area contributed by atoms with Gasteiger partial charge in [-0.1, -0.05) is 24.3 Å². The molecular weight excluding hydrogens is 372 g/mol. The molecule has 2 N–H and O–H groups in total. The number of halogens is 2. The highest BCUT2D eigenvalue weighted by atomic mass is 19.2. The van der Waals surface area contributed by atoms with Crippen LogP contribution >= 0.6 is 0 Å². The summed E-state index contributed by atoms with van der Waals surface area (Å²) in [6.45, 7) is 6.20. The first-order valence-electron chi connectivity index (χ1n) is 10.1. The lowest BCUT2D eigenvalue weighted by Crippen LogP contribution is -2.52. The molecule has 1 fully saturated rings. The Balaban J connectivity index is 1.45. The van der Waals surface area contributed by atoms with E-state index in [9.17, 15) is 13.9 Å². The molecule has 0 saturated carbocycles. The molecule has 1 aliphatic rings. The molecule has 0 radical (unpaired) electrons. The van der Waals surface area contributed by atoms with Gasteiger partial charge in [-0.2, -0.15) is 0 Å². The van der Waals surface area contributed by atoms with Crippen molar-refractivity contribution in [3.05, 3.63) is 70.9 Å². The van der Waals surface area contributed by atoms with E-state index in [1.807, 2.05) is 6.07 Å². The van der Waals surface area contributed by atoms with E-state index < -0.39 is 11.6 Å². The molecule has 2 heterocycles. The maximum absolute atomic E-state index is 13.6. The molecule has 154 valence electrons. The van der Waals surface area contributed by atoms with E-state index in [1.165, 1.54) is 28.8 Å². The van der Waals surface area contributed by atoms with Crippen molar-refractivity contribution in [2.75, 3.05) is 26.2 Å². The van der Waals surface area contributed by atoms with Crippen LogP contribution < -0.4 is 0 Å². The van der Waals surface area contributed by atoms with Crippen LogP contribution in [0, 0.1) is 18.6 Å². The quantitative estimate of drug-likeness (QED) is 0.662. The van der Waals surface area contributed by atoms with E-state index >= 15 is 0 Å². The number of benzene rings is 2. The topological polar surface area (TPSA) is 42.5 Å². The third-order valence-electron chi connectivity index (χ3n) is 5.97. The Hall–Kier alpha value is -2.28. The average molecular weight is 399 g/mol. The lowest BCUT2D eigenvalue weighted by molar-refractivity contribution is 0.0493. The first-order chi connectivity index (χ1) is 14.0. The zero-order chi connectivity index (χ0) is 20.4. The number of hydrogen-bond acceptors (Lipinski definition) is 3. The second-order valence-electron chi connectivity index (χ2n) is 7.89. The molecule has 4 nitrogen and oxygen atoms in total. The van der Waals surface area contributed by atoms with Crippen molar-refractivity contribution in [2.45, 2.75) is 32.5 Å². The molecule has 3 aromatic rings. The van der Waals surface area contributed by atoms with Crippen LogP contribution in [0.4, 0.5) is 8.78 Å². The van der Waals surface area contributed by atoms with E-state index in [4.69, 9.17) is 0 Å². The number of nitrogens with one attached hydrogen (secondary N) is 1. The fourth-order valence-electron chi connectivity index (χ4n) is 4.32. The first-order valence-corrected chi connectivity index (χ1v) is 10.1. The molecule has 1 aromatic heterocycles. The van der Waals surface area contributed by atoms with Gasteiger partial charge in [-0.3, -0.25) is 9.80 Å². The second-order valence-corrected chi connectivity index (χ2v) is 7.89. The van der Waals surface area contributed by atoms with Crippen molar-refractivity contribution >= 4 is 10.9 Å². The third kappa shape index (κ3) is 4.34. The lowest BCUT2D eigenvalue weighted by atomic mass is 10.1. The molecule has 1 aliphatic heterocycles.